The summed E-state index contributed by atoms with van der Waals surface area (Å²) in [7, 11) is -3.56. The third kappa shape index (κ3) is 1.63. The van der Waals surface area contributed by atoms with Gasteiger partial charge < -0.3 is 10.1 Å². The number of aliphatic hydroxyl groups is 1. The van der Waals surface area contributed by atoms with Crippen molar-refractivity contribution in [1.29, 1.82) is 0 Å². The van der Waals surface area contributed by atoms with Crippen molar-refractivity contribution in [3.8, 4) is 0 Å². The fraction of sp³-hybridized carbons (Fsp3) is 0.462. The Morgan fingerprint density at radius 3 is 2.85 bits per heavy atom. The van der Waals surface area contributed by atoms with Crippen LogP contribution in [0.1, 0.15) is 12.8 Å². The number of hydrogen-bond acceptors (Lipinski definition) is 4. The molecule has 0 atom stereocenters. The number of hydrogen-bond donors (Lipinski definition) is 2. The highest BCUT2D eigenvalue weighted by molar-refractivity contribution is 7.89. The fourth-order valence-corrected chi connectivity index (χ4v) is 4.61. The van der Waals surface area contributed by atoms with Crippen LogP contribution in [0.4, 0.5) is 0 Å². The molecule has 2 aliphatic rings. The van der Waals surface area contributed by atoms with Crippen LogP contribution in [0.25, 0.3) is 11.0 Å². The summed E-state index contributed by atoms with van der Waals surface area (Å²) in [6, 6.07) is 3.45. The molecule has 0 unspecified atom stereocenters. The molecule has 3 heterocycles. The van der Waals surface area contributed by atoms with Gasteiger partial charge >= 0.3 is 0 Å². The third-order valence-electron chi connectivity index (χ3n) is 4.27. The predicted octanol–water partition coefficient (Wildman–Crippen LogP) is 0.708. The summed E-state index contributed by atoms with van der Waals surface area (Å²) in [6.07, 6.45) is 5.09. The van der Waals surface area contributed by atoms with Gasteiger partial charge in [0.25, 0.3) is 0 Å². The number of nitrogens with zero attached hydrogens (tertiary/aromatic N) is 2. The van der Waals surface area contributed by atoms with Crippen LogP contribution in [0.5, 0.6) is 0 Å². The van der Waals surface area contributed by atoms with Crippen molar-refractivity contribution in [3.05, 3.63) is 24.5 Å². The van der Waals surface area contributed by atoms with E-state index in [-0.39, 0.29) is 23.9 Å². The molecule has 7 heteroatoms. The molecule has 2 fully saturated rings. The highest BCUT2D eigenvalue weighted by Gasteiger charge is 2.55. The van der Waals surface area contributed by atoms with Crippen LogP contribution >= 0.6 is 0 Å². The first-order valence-corrected chi connectivity index (χ1v) is 8.09. The maximum atomic E-state index is 12.6. The molecule has 2 N–H and O–H groups in total. The van der Waals surface area contributed by atoms with Crippen LogP contribution < -0.4 is 0 Å². The molecule has 0 spiro atoms. The summed E-state index contributed by atoms with van der Waals surface area (Å²) in [6.45, 7) is 0.403. The largest absolute Gasteiger partial charge is 0.387 e. The third-order valence-corrected chi connectivity index (χ3v) is 6.10. The van der Waals surface area contributed by atoms with E-state index >= 15 is 0 Å². The Hall–Kier alpha value is -1.44. The number of aromatic amines is 1. The van der Waals surface area contributed by atoms with Crippen LogP contribution in [0.15, 0.2) is 29.4 Å². The summed E-state index contributed by atoms with van der Waals surface area (Å²) in [5, 5.41) is 10.9. The van der Waals surface area contributed by atoms with Gasteiger partial charge in [0.1, 0.15) is 10.5 Å². The molecule has 2 aromatic heterocycles. The molecule has 106 valence electrons. The Balaban J connectivity index is 1.67. The summed E-state index contributed by atoms with van der Waals surface area (Å²) in [5.74, 6) is 0.276. The molecule has 1 aliphatic heterocycles. The first-order chi connectivity index (χ1) is 9.51. The van der Waals surface area contributed by atoms with Gasteiger partial charge in [-0.05, 0) is 30.9 Å². The lowest BCUT2D eigenvalue weighted by molar-refractivity contribution is -0.0764. The standard InChI is InChI=1S/C13H15N3O3S/c17-13(9-3-4-9)7-16(8-13)20(18,19)11-6-15-12-10(11)2-1-5-14-12/h1-2,5-6,9,17H,3-4,7-8H2,(H,14,15). The maximum absolute atomic E-state index is 12.6. The Bertz CT molecular complexity index is 773. The molecule has 0 bridgehead atoms. The van der Waals surface area contributed by atoms with Crippen molar-refractivity contribution in [2.45, 2.75) is 23.3 Å². The summed E-state index contributed by atoms with van der Waals surface area (Å²) >= 11 is 0. The molecule has 4 rings (SSSR count). The minimum absolute atomic E-state index is 0.201. The van der Waals surface area contributed by atoms with E-state index in [0.29, 0.717) is 11.0 Å². The molecule has 1 saturated carbocycles. The lowest BCUT2D eigenvalue weighted by atomic mass is 9.91. The molecule has 6 nitrogen and oxygen atoms in total. The highest BCUT2D eigenvalue weighted by Crippen LogP contribution is 2.46. The number of rotatable bonds is 3. The molecule has 0 radical (unpaired) electrons. The second-order valence-electron chi connectivity index (χ2n) is 5.70. The van der Waals surface area contributed by atoms with E-state index in [4.69, 9.17) is 0 Å². The number of nitrogens with one attached hydrogen (secondary N) is 1. The second-order valence-corrected chi connectivity index (χ2v) is 7.61. The summed E-state index contributed by atoms with van der Waals surface area (Å²) < 4.78 is 26.5. The number of fused-ring (bicyclic) bond motifs is 1. The van der Waals surface area contributed by atoms with E-state index in [9.17, 15) is 13.5 Å². The van der Waals surface area contributed by atoms with Gasteiger partial charge in [0.2, 0.25) is 10.0 Å². The van der Waals surface area contributed by atoms with Crippen molar-refractivity contribution >= 4 is 21.1 Å². The minimum Gasteiger partial charge on any atom is -0.387 e. The zero-order chi connectivity index (χ0) is 14.0. The van der Waals surface area contributed by atoms with E-state index in [1.165, 1.54) is 10.5 Å². The lowest BCUT2D eigenvalue weighted by Crippen LogP contribution is -2.64. The van der Waals surface area contributed by atoms with E-state index in [2.05, 4.69) is 9.97 Å². The van der Waals surface area contributed by atoms with Gasteiger partial charge in [0.05, 0.1) is 5.60 Å². The Morgan fingerprint density at radius 2 is 2.15 bits per heavy atom. The van der Waals surface area contributed by atoms with Gasteiger partial charge in [0, 0.05) is 30.9 Å². The number of pyridine rings is 1. The topological polar surface area (TPSA) is 86.3 Å². The molecular weight excluding hydrogens is 278 g/mol. The molecule has 1 saturated heterocycles. The lowest BCUT2D eigenvalue weighted by Gasteiger charge is -2.45. The van der Waals surface area contributed by atoms with Crippen LogP contribution in [0.3, 0.4) is 0 Å². The maximum Gasteiger partial charge on any atom is 0.245 e. The highest BCUT2D eigenvalue weighted by atomic mass is 32.2. The molecule has 0 aromatic carbocycles. The Kier molecular flexibility index (Phi) is 2.34. The smallest absolute Gasteiger partial charge is 0.245 e. The molecule has 1 aliphatic carbocycles. The van der Waals surface area contributed by atoms with Crippen LogP contribution in [0, 0.1) is 5.92 Å². The number of sulfonamides is 1. The van der Waals surface area contributed by atoms with Crippen LogP contribution in [-0.4, -0.2) is 46.5 Å². The SMILES string of the molecule is O=S(=O)(c1c[nH]c2ncccc12)N1CC(O)(C2CC2)C1. The first-order valence-electron chi connectivity index (χ1n) is 6.65. The van der Waals surface area contributed by atoms with Crippen molar-refractivity contribution in [2.24, 2.45) is 5.92 Å². The molecular formula is C13H15N3O3S. The average molecular weight is 293 g/mol. The fourth-order valence-electron chi connectivity index (χ4n) is 2.90. The van der Waals surface area contributed by atoms with Gasteiger partial charge in [-0.1, -0.05) is 0 Å². The Labute approximate surface area is 116 Å². The quantitative estimate of drug-likeness (QED) is 0.872. The van der Waals surface area contributed by atoms with Gasteiger partial charge in [-0.25, -0.2) is 13.4 Å². The number of H-pyrrole nitrogens is 1. The Morgan fingerprint density at radius 1 is 1.40 bits per heavy atom. The second kappa shape index (κ2) is 3.81. The van der Waals surface area contributed by atoms with E-state index < -0.39 is 15.6 Å². The zero-order valence-electron chi connectivity index (χ0n) is 10.8. The zero-order valence-corrected chi connectivity index (χ0v) is 11.6. The number of β-amino-alcohol motifs (C(OH)–C–C–N with tert-alkyl or cyclic N) is 1. The van der Waals surface area contributed by atoms with Gasteiger partial charge in [-0.15, -0.1) is 0 Å². The molecule has 2 aromatic rings. The normalized spacial score (nSPS) is 22.9. The average Bonchev–Trinajstić information content (AvgIpc) is 3.14. The predicted molar refractivity (Wildman–Crippen MR) is 72.5 cm³/mol. The van der Waals surface area contributed by atoms with Crippen LogP contribution in [0.2, 0.25) is 0 Å². The minimum atomic E-state index is -3.56. The monoisotopic (exact) mass is 293 g/mol. The summed E-state index contributed by atoms with van der Waals surface area (Å²) in [4.78, 5) is 7.21. The summed E-state index contributed by atoms with van der Waals surface area (Å²) in [5.41, 5.74) is -0.249. The number of aromatic nitrogens is 2. The van der Waals surface area contributed by atoms with Crippen molar-refractivity contribution in [1.82, 2.24) is 14.3 Å². The molecule has 0 amide bonds. The van der Waals surface area contributed by atoms with Gasteiger partial charge in [0.15, 0.2) is 0 Å². The van der Waals surface area contributed by atoms with E-state index in [0.717, 1.165) is 12.8 Å². The van der Waals surface area contributed by atoms with Crippen molar-refractivity contribution in [2.75, 3.05) is 13.1 Å². The first kappa shape index (κ1) is 12.3. The van der Waals surface area contributed by atoms with Gasteiger partial charge in [-0.2, -0.15) is 4.31 Å². The van der Waals surface area contributed by atoms with E-state index in [1.807, 2.05) is 0 Å². The molecule has 20 heavy (non-hydrogen) atoms. The van der Waals surface area contributed by atoms with Crippen LogP contribution in [-0.2, 0) is 10.0 Å². The van der Waals surface area contributed by atoms with Crippen molar-refractivity contribution in [3.63, 3.8) is 0 Å². The van der Waals surface area contributed by atoms with E-state index in [1.54, 1.807) is 18.3 Å². The van der Waals surface area contributed by atoms with Gasteiger partial charge in [-0.3, -0.25) is 0 Å². The van der Waals surface area contributed by atoms with Crippen molar-refractivity contribution < 1.29 is 13.5 Å².